The number of nitrogens with zero attached hydrogens (tertiary/aromatic N) is 2. The molecular weight excluding hydrogens is 701 g/mol. The molecule has 1 aromatic heterocycles. The number of hydrogen-bond donors (Lipinski definition) is 0. The second-order valence-corrected chi connectivity index (χ2v) is 15.7. The molecule has 10 aromatic rings. The number of allylic oxidation sites excluding steroid dienone is 4. The lowest BCUT2D eigenvalue weighted by atomic mass is 9.83. The van der Waals surface area contributed by atoms with Crippen LogP contribution in [0, 0.1) is 0 Å². The van der Waals surface area contributed by atoms with Crippen molar-refractivity contribution in [1.82, 2.24) is 9.97 Å². The van der Waals surface area contributed by atoms with Gasteiger partial charge in [-0.2, -0.15) is 0 Å². The minimum atomic E-state index is 0.264. The smallest absolute Gasteiger partial charge is 0.160 e. The first-order valence-electron chi connectivity index (χ1n) is 20.1. The molecule has 2 aliphatic rings. The molecule has 0 radical (unpaired) electrons. The zero-order valence-corrected chi connectivity index (χ0v) is 31.7. The molecule has 0 fully saturated rings. The minimum Gasteiger partial charge on any atom is -0.228 e. The van der Waals surface area contributed by atoms with E-state index < -0.39 is 0 Å². The number of hydrogen-bond acceptors (Lipinski definition) is 2. The Morgan fingerprint density at radius 3 is 1.79 bits per heavy atom. The highest BCUT2D eigenvalue weighted by Gasteiger charge is 2.33. The van der Waals surface area contributed by atoms with E-state index in [1.807, 2.05) is 0 Å². The average molecular weight is 737 g/mol. The van der Waals surface area contributed by atoms with Crippen LogP contribution in [0.5, 0.6) is 0 Å². The fourth-order valence-corrected chi connectivity index (χ4v) is 9.64. The molecule has 2 unspecified atom stereocenters. The Kier molecular flexibility index (Phi) is 7.39. The number of aromatic nitrogens is 2. The Bertz CT molecular complexity index is 3310. The van der Waals surface area contributed by atoms with Crippen molar-refractivity contribution in [2.24, 2.45) is 0 Å². The van der Waals surface area contributed by atoms with Gasteiger partial charge in [0, 0.05) is 23.0 Å². The van der Waals surface area contributed by atoms with Gasteiger partial charge in [0.25, 0.3) is 0 Å². The summed E-state index contributed by atoms with van der Waals surface area (Å²) in [6, 6.07) is 68.1. The van der Waals surface area contributed by atoms with Crippen molar-refractivity contribution in [3.8, 4) is 44.9 Å². The van der Waals surface area contributed by atoms with E-state index in [-0.39, 0.29) is 5.92 Å². The summed E-state index contributed by atoms with van der Waals surface area (Å²) in [5, 5.41) is 10.3. The monoisotopic (exact) mass is 736 g/mol. The van der Waals surface area contributed by atoms with Crippen molar-refractivity contribution < 1.29 is 0 Å². The molecule has 2 nitrogen and oxygen atoms in total. The van der Waals surface area contributed by atoms with Gasteiger partial charge in [0.15, 0.2) is 5.82 Å². The molecule has 0 saturated carbocycles. The third-order valence-electron chi connectivity index (χ3n) is 12.4. The summed E-state index contributed by atoms with van der Waals surface area (Å²) in [6.07, 6.45) is 7.10. The normalized spacial score (nSPS) is 15.6. The lowest BCUT2D eigenvalue weighted by Crippen LogP contribution is -2.06. The van der Waals surface area contributed by atoms with E-state index in [1.54, 1.807) is 0 Å². The van der Waals surface area contributed by atoms with Crippen LogP contribution in [0.2, 0.25) is 0 Å². The predicted octanol–water partition coefficient (Wildman–Crippen LogP) is 14.6. The minimum absolute atomic E-state index is 0.264. The van der Waals surface area contributed by atoms with Gasteiger partial charge in [0.2, 0.25) is 0 Å². The van der Waals surface area contributed by atoms with Crippen molar-refractivity contribution in [1.29, 1.82) is 0 Å². The third-order valence-corrected chi connectivity index (χ3v) is 12.4. The fraction of sp³-hybridized carbons (Fsp3) is 0.0357. The number of benzene rings is 9. The molecule has 1 heterocycles. The molecule has 0 bridgehead atoms. The lowest BCUT2D eigenvalue weighted by Gasteiger charge is -2.21. The van der Waals surface area contributed by atoms with Crippen molar-refractivity contribution in [3.63, 3.8) is 0 Å². The van der Waals surface area contributed by atoms with E-state index in [1.165, 1.54) is 76.5 Å². The SMILES string of the molecule is C1=CC2c3cccc4cccc(c34)C2C=C1c1cc(-c2ccc(-c3c4ccccc4cc4c3ccc3ccccc34)cc2)nc(-c2ccc(-c3ccccc3)cc2)n1. The summed E-state index contributed by atoms with van der Waals surface area (Å²) in [6.45, 7) is 0. The van der Waals surface area contributed by atoms with Gasteiger partial charge in [-0.3, -0.25) is 0 Å². The first-order valence-corrected chi connectivity index (χ1v) is 20.1. The van der Waals surface area contributed by atoms with E-state index in [4.69, 9.17) is 9.97 Å². The largest absolute Gasteiger partial charge is 0.228 e. The van der Waals surface area contributed by atoms with Gasteiger partial charge >= 0.3 is 0 Å². The quantitative estimate of drug-likeness (QED) is 0.130. The maximum atomic E-state index is 5.30. The van der Waals surface area contributed by atoms with Gasteiger partial charge in [0.1, 0.15) is 0 Å². The van der Waals surface area contributed by atoms with Crippen molar-refractivity contribution in [2.75, 3.05) is 0 Å². The van der Waals surface area contributed by atoms with E-state index >= 15 is 0 Å². The third kappa shape index (κ3) is 5.26. The molecule has 0 spiro atoms. The summed E-state index contributed by atoms with van der Waals surface area (Å²) in [7, 11) is 0. The Balaban J connectivity index is 0.989. The van der Waals surface area contributed by atoms with E-state index in [0.717, 1.165) is 33.9 Å². The van der Waals surface area contributed by atoms with Crippen molar-refractivity contribution in [3.05, 3.63) is 223 Å². The Labute approximate surface area is 337 Å². The standard InChI is InChI=1S/C56H36N2/c1-2-10-35(11-3-1)36-20-26-41(27-21-36)56-57-52(34-53(58-56)43-29-30-46-47-18-8-14-39-15-9-19-48(55(39)47)51(46)33-43)38-22-24-40(25-23-38)54-45-17-7-5-13-42(45)32-50-44-16-6-4-12-37(44)28-31-49(50)54/h1-34,46,51H. The fourth-order valence-electron chi connectivity index (χ4n) is 9.64. The van der Waals surface area contributed by atoms with Crippen LogP contribution in [0.1, 0.15) is 28.7 Å². The second kappa shape index (κ2) is 13.1. The zero-order valence-electron chi connectivity index (χ0n) is 31.7. The first-order chi connectivity index (χ1) is 28.7. The Morgan fingerprint density at radius 1 is 0.362 bits per heavy atom. The van der Waals surface area contributed by atoms with Gasteiger partial charge < -0.3 is 0 Å². The molecule has 0 amide bonds. The van der Waals surface area contributed by atoms with Crippen LogP contribution in [-0.2, 0) is 0 Å². The van der Waals surface area contributed by atoms with Crippen molar-refractivity contribution in [2.45, 2.75) is 11.8 Å². The van der Waals surface area contributed by atoms with E-state index in [0.29, 0.717) is 5.92 Å². The highest BCUT2D eigenvalue weighted by Crippen LogP contribution is 2.51. The van der Waals surface area contributed by atoms with Gasteiger partial charge in [-0.05, 0) is 94.2 Å². The highest BCUT2D eigenvalue weighted by molar-refractivity contribution is 6.20. The topological polar surface area (TPSA) is 25.8 Å². The van der Waals surface area contributed by atoms with Crippen LogP contribution in [-0.4, -0.2) is 9.97 Å². The molecule has 270 valence electrons. The Hall–Kier alpha value is -7.42. The van der Waals surface area contributed by atoms with Crippen LogP contribution in [0.15, 0.2) is 206 Å². The predicted molar refractivity (Wildman–Crippen MR) is 243 cm³/mol. The van der Waals surface area contributed by atoms with Crippen LogP contribution >= 0.6 is 0 Å². The van der Waals surface area contributed by atoms with E-state index in [2.05, 4.69) is 206 Å². The lowest BCUT2D eigenvalue weighted by molar-refractivity contribution is 0.771. The summed E-state index contributed by atoms with van der Waals surface area (Å²) in [5.41, 5.74) is 12.6. The molecule has 2 atom stereocenters. The molecule has 0 saturated heterocycles. The summed E-state index contributed by atoms with van der Waals surface area (Å²) in [4.78, 5) is 10.6. The van der Waals surface area contributed by atoms with E-state index in [9.17, 15) is 0 Å². The molecule has 9 aromatic carbocycles. The molecule has 12 rings (SSSR count). The summed E-state index contributed by atoms with van der Waals surface area (Å²) in [5.74, 6) is 1.31. The van der Waals surface area contributed by atoms with Gasteiger partial charge in [-0.15, -0.1) is 0 Å². The van der Waals surface area contributed by atoms with Crippen LogP contribution in [0.25, 0.3) is 93.6 Å². The maximum absolute atomic E-state index is 5.30. The maximum Gasteiger partial charge on any atom is 0.160 e. The second-order valence-electron chi connectivity index (χ2n) is 15.7. The average Bonchev–Trinajstić information content (AvgIpc) is 3.62. The molecule has 2 aliphatic carbocycles. The molecule has 58 heavy (non-hydrogen) atoms. The molecule has 2 heteroatoms. The van der Waals surface area contributed by atoms with Gasteiger partial charge in [0.05, 0.1) is 11.4 Å². The van der Waals surface area contributed by atoms with Gasteiger partial charge in [-0.25, -0.2) is 9.97 Å². The van der Waals surface area contributed by atoms with Crippen LogP contribution in [0.4, 0.5) is 0 Å². The number of fused-ring (bicyclic) bond motifs is 7. The molecule has 0 aliphatic heterocycles. The molecule has 0 N–H and O–H groups in total. The number of rotatable bonds is 5. The van der Waals surface area contributed by atoms with Gasteiger partial charge in [-0.1, -0.05) is 194 Å². The van der Waals surface area contributed by atoms with Crippen LogP contribution in [0.3, 0.4) is 0 Å². The highest BCUT2D eigenvalue weighted by atomic mass is 14.9. The summed E-state index contributed by atoms with van der Waals surface area (Å²) >= 11 is 0. The first kappa shape index (κ1) is 32.8. The van der Waals surface area contributed by atoms with Crippen molar-refractivity contribution >= 4 is 48.7 Å². The molecular formula is C56H36N2. The zero-order chi connectivity index (χ0) is 38.2. The Morgan fingerprint density at radius 2 is 0.983 bits per heavy atom. The summed E-state index contributed by atoms with van der Waals surface area (Å²) < 4.78 is 0. The van der Waals surface area contributed by atoms with Crippen LogP contribution < -0.4 is 0 Å².